The fraction of sp³-hybridized carbons (Fsp3) is 0.231. The molecule has 0 amide bonds. The number of benzene rings is 1. The predicted octanol–water partition coefficient (Wildman–Crippen LogP) is 1.63. The second kappa shape index (κ2) is 6.44. The van der Waals surface area contributed by atoms with E-state index in [1.807, 2.05) is 0 Å². The van der Waals surface area contributed by atoms with Crippen LogP contribution in [-0.4, -0.2) is 25.7 Å². The summed E-state index contributed by atoms with van der Waals surface area (Å²) >= 11 is 0. The molecule has 1 rings (SSSR count). The highest BCUT2D eigenvalue weighted by atomic mass is 16.5. The van der Waals surface area contributed by atoms with Gasteiger partial charge in [0.1, 0.15) is 0 Å². The summed E-state index contributed by atoms with van der Waals surface area (Å²) in [6.45, 7) is 2.03. The SMILES string of the molecule is CCOC(=O)c1ccc(N)c(C=CC(=O)OC)c1. The molecule has 0 saturated heterocycles. The van der Waals surface area contributed by atoms with Crippen molar-refractivity contribution >= 4 is 23.7 Å². The number of methoxy groups -OCH3 is 1. The van der Waals surface area contributed by atoms with E-state index in [1.54, 1.807) is 25.1 Å². The Morgan fingerprint density at radius 2 is 2.11 bits per heavy atom. The van der Waals surface area contributed by atoms with Crippen molar-refractivity contribution in [1.29, 1.82) is 0 Å². The van der Waals surface area contributed by atoms with Gasteiger partial charge in [-0.15, -0.1) is 0 Å². The van der Waals surface area contributed by atoms with Crippen molar-refractivity contribution in [3.8, 4) is 0 Å². The van der Waals surface area contributed by atoms with E-state index in [4.69, 9.17) is 10.5 Å². The van der Waals surface area contributed by atoms with Crippen LogP contribution in [0, 0.1) is 0 Å². The summed E-state index contributed by atoms with van der Waals surface area (Å²) in [5, 5.41) is 0. The summed E-state index contributed by atoms with van der Waals surface area (Å²) in [5.74, 6) is -0.916. The van der Waals surface area contributed by atoms with E-state index >= 15 is 0 Å². The van der Waals surface area contributed by atoms with Crippen molar-refractivity contribution in [3.63, 3.8) is 0 Å². The molecule has 0 aliphatic heterocycles. The van der Waals surface area contributed by atoms with Gasteiger partial charge in [0, 0.05) is 11.8 Å². The van der Waals surface area contributed by atoms with E-state index in [0.29, 0.717) is 23.4 Å². The number of hydrogen-bond acceptors (Lipinski definition) is 5. The zero-order valence-corrected chi connectivity index (χ0v) is 10.3. The van der Waals surface area contributed by atoms with E-state index in [2.05, 4.69) is 4.74 Å². The maximum atomic E-state index is 11.5. The number of esters is 2. The summed E-state index contributed by atoms with van der Waals surface area (Å²) in [6.07, 6.45) is 2.73. The minimum atomic E-state index is -0.490. The Morgan fingerprint density at radius 3 is 2.72 bits per heavy atom. The second-order valence-electron chi connectivity index (χ2n) is 3.42. The van der Waals surface area contributed by atoms with E-state index in [9.17, 15) is 9.59 Å². The van der Waals surface area contributed by atoms with Crippen LogP contribution in [0.5, 0.6) is 0 Å². The smallest absolute Gasteiger partial charge is 0.338 e. The number of ether oxygens (including phenoxy) is 2. The lowest BCUT2D eigenvalue weighted by Crippen LogP contribution is -2.05. The molecule has 96 valence electrons. The summed E-state index contributed by atoms with van der Waals surface area (Å²) in [7, 11) is 1.28. The lowest BCUT2D eigenvalue weighted by Gasteiger charge is -2.05. The van der Waals surface area contributed by atoms with Crippen molar-refractivity contribution in [2.45, 2.75) is 6.92 Å². The Hall–Kier alpha value is -2.30. The van der Waals surface area contributed by atoms with Crippen molar-refractivity contribution in [2.75, 3.05) is 19.5 Å². The van der Waals surface area contributed by atoms with Gasteiger partial charge in [-0.1, -0.05) is 0 Å². The van der Waals surface area contributed by atoms with Crippen molar-refractivity contribution in [2.24, 2.45) is 0 Å². The Kier molecular flexibility index (Phi) is 4.92. The standard InChI is InChI=1S/C13H15NO4/c1-3-18-13(16)10-4-6-11(14)9(8-10)5-7-12(15)17-2/h4-8H,3,14H2,1-2H3. The molecule has 2 N–H and O–H groups in total. The zero-order chi connectivity index (χ0) is 13.5. The molecule has 0 radical (unpaired) electrons. The van der Waals surface area contributed by atoms with Gasteiger partial charge in [-0.05, 0) is 36.8 Å². The molecule has 0 aliphatic rings. The molecule has 18 heavy (non-hydrogen) atoms. The second-order valence-corrected chi connectivity index (χ2v) is 3.42. The molecule has 0 fully saturated rings. The monoisotopic (exact) mass is 249 g/mol. The average molecular weight is 249 g/mol. The molecule has 0 aliphatic carbocycles. The third-order valence-electron chi connectivity index (χ3n) is 2.20. The first-order valence-corrected chi connectivity index (χ1v) is 5.41. The third-order valence-corrected chi connectivity index (χ3v) is 2.20. The third kappa shape index (κ3) is 3.62. The molecular weight excluding hydrogens is 234 g/mol. The molecule has 5 nitrogen and oxygen atoms in total. The minimum Gasteiger partial charge on any atom is -0.466 e. The van der Waals surface area contributed by atoms with Crippen LogP contribution < -0.4 is 5.73 Å². The number of hydrogen-bond donors (Lipinski definition) is 1. The number of nitrogen functional groups attached to an aromatic ring is 1. The van der Waals surface area contributed by atoms with Gasteiger partial charge < -0.3 is 15.2 Å². The zero-order valence-electron chi connectivity index (χ0n) is 10.3. The molecule has 0 unspecified atom stereocenters. The molecule has 1 aromatic rings. The fourth-order valence-electron chi connectivity index (χ4n) is 1.29. The molecular formula is C13H15NO4. The van der Waals surface area contributed by atoms with Gasteiger partial charge >= 0.3 is 11.9 Å². The highest BCUT2D eigenvalue weighted by molar-refractivity contribution is 5.93. The van der Waals surface area contributed by atoms with Gasteiger partial charge in [-0.25, -0.2) is 9.59 Å². The number of carbonyl (C=O) groups excluding carboxylic acids is 2. The highest BCUT2D eigenvalue weighted by Crippen LogP contribution is 2.16. The quantitative estimate of drug-likeness (QED) is 0.498. The Balaban J connectivity index is 2.98. The van der Waals surface area contributed by atoms with E-state index in [-0.39, 0.29) is 0 Å². The molecule has 0 aromatic heterocycles. The maximum absolute atomic E-state index is 11.5. The van der Waals surface area contributed by atoms with Crippen LogP contribution in [0.2, 0.25) is 0 Å². The molecule has 1 aromatic carbocycles. The first-order chi connectivity index (χ1) is 8.58. The van der Waals surface area contributed by atoms with Crippen LogP contribution in [-0.2, 0) is 14.3 Å². The molecule has 5 heteroatoms. The van der Waals surface area contributed by atoms with Crippen molar-refractivity contribution in [3.05, 3.63) is 35.4 Å². The van der Waals surface area contributed by atoms with Crippen LogP contribution in [0.25, 0.3) is 6.08 Å². The number of nitrogens with two attached hydrogens (primary N) is 1. The first-order valence-electron chi connectivity index (χ1n) is 5.41. The number of rotatable bonds is 4. The van der Waals surface area contributed by atoms with Gasteiger partial charge in [0.2, 0.25) is 0 Å². The van der Waals surface area contributed by atoms with Crippen molar-refractivity contribution in [1.82, 2.24) is 0 Å². The molecule has 0 spiro atoms. The summed E-state index contributed by atoms with van der Waals surface area (Å²) < 4.78 is 9.34. The fourth-order valence-corrected chi connectivity index (χ4v) is 1.29. The van der Waals surface area contributed by atoms with Gasteiger partial charge in [-0.2, -0.15) is 0 Å². The molecule has 0 heterocycles. The van der Waals surface area contributed by atoms with E-state index in [0.717, 1.165) is 0 Å². The Bertz CT molecular complexity index is 480. The summed E-state index contributed by atoms with van der Waals surface area (Å²) in [4.78, 5) is 22.5. The van der Waals surface area contributed by atoms with Crippen LogP contribution in [0.1, 0.15) is 22.8 Å². The predicted molar refractivity (Wildman–Crippen MR) is 67.9 cm³/mol. The lowest BCUT2D eigenvalue weighted by atomic mass is 10.1. The van der Waals surface area contributed by atoms with Gasteiger partial charge in [0.05, 0.1) is 19.3 Å². The summed E-state index contributed by atoms with van der Waals surface area (Å²) in [6, 6.07) is 4.72. The van der Waals surface area contributed by atoms with Crippen LogP contribution in [0.15, 0.2) is 24.3 Å². The van der Waals surface area contributed by atoms with E-state index < -0.39 is 11.9 Å². The Labute approximate surface area is 105 Å². The van der Waals surface area contributed by atoms with Crippen LogP contribution in [0.3, 0.4) is 0 Å². The van der Waals surface area contributed by atoms with Crippen LogP contribution in [0.4, 0.5) is 5.69 Å². The van der Waals surface area contributed by atoms with Gasteiger partial charge in [0.25, 0.3) is 0 Å². The van der Waals surface area contributed by atoms with Gasteiger partial charge in [0.15, 0.2) is 0 Å². The summed E-state index contributed by atoms with van der Waals surface area (Å²) in [5.41, 5.74) is 7.14. The largest absolute Gasteiger partial charge is 0.466 e. The first kappa shape index (κ1) is 13.8. The molecule has 0 bridgehead atoms. The van der Waals surface area contributed by atoms with Crippen LogP contribution >= 0.6 is 0 Å². The maximum Gasteiger partial charge on any atom is 0.338 e. The van der Waals surface area contributed by atoms with E-state index in [1.165, 1.54) is 19.3 Å². The van der Waals surface area contributed by atoms with Crippen molar-refractivity contribution < 1.29 is 19.1 Å². The number of carbonyl (C=O) groups is 2. The lowest BCUT2D eigenvalue weighted by molar-refractivity contribution is -0.134. The molecule has 0 atom stereocenters. The Morgan fingerprint density at radius 1 is 1.39 bits per heavy atom. The number of anilines is 1. The average Bonchev–Trinajstić information content (AvgIpc) is 2.37. The van der Waals surface area contributed by atoms with Gasteiger partial charge in [-0.3, -0.25) is 0 Å². The minimum absolute atomic E-state index is 0.302. The topological polar surface area (TPSA) is 78.6 Å². The molecule has 0 saturated carbocycles. The highest BCUT2D eigenvalue weighted by Gasteiger charge is 2.08. The normalized spacial score (nSPS) is 10.3.